The molecular formula is C16H20N2OS. The lowest BCUT2D eigenvalue weighted by Gasteiger charge is -2.11. The second-order valence-corrected chi connectivity index (χ2v) is 5.28. The van der Waals surface area contributed by atoms with E-state index in [1.54, 1.807) is 11.8 Å². The zero-order chi connectivity index (χ0) is 14.4. The van der Waals surface area contributed by atoms with Crippen molar-refractivity contribution in [1.29, 1.82) is 0 Å². The van der Waals surface area contributed by atoms with E-state index in [1.807, 2.05) is 43.5 Å². The molecule has 1 N–H and O–H groups in total. The molecule has 0 aliphatic carbocycles. The first-order valence-electron chi connectivity index (χ1n) is 6.72. The summed E-state index contributed by atoms with van der Waals surface area (Å²) in [6.07, 6.45) is 2.04. The van der Waals surface area contributed by atoms with Crippen molar-refractivity contribution in [3.63, 3.8) is 0 Å². The summed E-state index contributed by atoms with van der Waals surface area (Å²) >= 11 is 1.67. The van der Waals surface area contributed by atoms with Gasteiger partial charge < -0.3 is 10.1 Å². The molecule has 0 bridgehead atoms. The van der Waals surface area contributed by atoms with Crippen LogP contribution in [0.4, 0.5) is 0 Å². The van der Waals surface area contributed by atoms with Gasteiger partial charge in [-0.05, 0) is 37.4 Å². The Labute approximate surface area is 124 Å². The number of aromatic nitrogens is 1. The summed E-state index contributed by atoms with van der Waals surface area (Å²) < 4.78 is 5.89. The van der Waals surface area contributed by atoms with E-state index in [1.165, 1.54) is 5.56 Å². The molecule has 20 heavy (non-hydrogen) atoms. The molecule has 0 aliphatic heterocycles. The van der Waals surface area contributed by atoms with Gasteiger partial charge in [0.2, 0.25) is 5.88 Å². The normalized spacial score (nSPS) is 10.6. The number of para-hydroxylation sites is 1. The van der Waals surface area contributed by atoms with Crippen LogP contribution in [-0.4, -0.2) is 17.8 Å². The number of nitrogens with zero attached hydrogens (tertiary/aromatic N) is 1. The maximum atomic E-state index is 5.89. The molecular weight excluding hydrogens is 268 g/mol. The van der Waals surface area contributed by atoms with Crippen molar-refractivity contribution in [2.45, 2.75) is 25.3 Å². The van der Waals surface area contributed by atoms with Gasteiger partial charge in [0.05, 0.1) is 0 Å². The Bertz CT molecular complexity index is 572. The molecule has 0 aliphatic rings. The molecule has 0 atom stereocenters. The molecule has 0 saturated heterocycles. The van der Waals surface area contributed by atoms with Crippen LogP contribution < -0.4 is 10.1 Å². The average molecular weight is 288 g/mol. The van der Waals surface area contributed by atoms with Crippen molar-refractivity contribution < 1.29 is 4.74 Å². The zero-order valence-electron chi connectivity index (χ0n) is 12.1. The predicted molar refractivity (Wildman–Crippen MR) is 84.7 cm³/mol. The van der Waals surface area contributed by atoms with Crippen LogP contribution in [0.15, 0.2) is 41.3 Å². The third-order valence-electron chi connectivity index (χ3n) is 3.02. The first-order valence-corrected chi connectivity index (χ1v) is 7.95. The Kier molecular flexibility index (Phi) is 5.44. The van der Waals surface area contributed by atoms with Gasteiger partial charge in [-0.1, -0.05) is 25.1 Å². The molecule has 2 aromatic rings. The number of hydrogen-bond donors (Lipinski definition) is 1. The number of hydrogen-bond acceptors (Lipinski definition) is 4. The van der Waals surface area contributed by atoms with Gasteiger partial charge in [0.15, 0.2) is 0 Å². The van der Waals surface area contributed by atoms with Gasteiger partial charge in [0.25, 0.3) is 0 Å². The molecule has 1 aromatic heterocycles. The summed E-state index contributed by atoms with van der Waals surface area (Å²) in [5.74, 6) is 1.50. The highest BCUT2D eigenvalue weighted by atomic mass is 32.2. The van der Waals surface area contributed by atoms with Gasteiger partial charge in [0, 0.05) is 23.2 Å². The van der Waals surface area contributed by atoms with Crippen LogP contribution in [0.1, 0.15) is 18.2 Å². The van der Waals surface area contributed by atoms with Crippen LogP contribution in [0, 0.1) is 6.92 Å². The van der Waals surface area contributed by atoms with E-state index in [0.717, 1.165) is 29.4 Å². The molecule has 0 unspecified atom stereocenters. The van der Waals surface area contributed by atoms with Gasteiger partial charge in [-0.3, -0.25) is 0 Å². The lowest BCUT2D eigenvalue weighted by molar-refractivity contribution is 0.450. The summed E-state index contributed by atoms with van der Waals surface area (Å²) in [4.78, 5) is 5.64. The van der Waals surface area contributed by atoms with Gasteiger partial charge >= 0.3 is 0 Å². The van der Waals surface area contributed by atoms with Crippen molar-refractivity contribution in [1.82, 2.24) is 10.3 Å². The van der Waals surface area contributed by atoms with E-state index in [0.29, 0.717) is 5.88 Å². The molecule has 0 radical (unpaired) electrons. The van der Waals surface area contributed by atoms with E-state index >= 15 is 0 Å². The molecule has 0 saturated carbocycles. The molecule has 2 rings (SSSR count). The van der Waals surface area contributed by atoms with E-state index < -0.39 is 0 Å². The number of thioether (sulfide) groups is 1. The lowest BCUT2D eigenvalue weighted by Crippen LogP contribution is -2.13. The summed E-state index contributed by atoms with van der Waals surface area (Å²) in [7, 11) is 0. The van der Waals surface area contributed by atoms with Crippen molar-refractivity contribution in [3.05, 3.63) is 47.7 Å². The van der Waals surface area contributed by atoms with Crippen molar-refractivity contribution >= 4 is 11.8 Å². The number of ether oxygens (including phenoxy) is 1. The minimum Gasteiger partial charge on any atom is -0.438 e. The first kappa shape index (κ1) is 14.9. The fourth-order valence-corrected chi connectivity index (χ4v) is 2.41. The fourth-order valence-electron chi connectivity index (χ4n) is 1.89. The minimum atomic E-state index is 0.643. The standard InChI is InChI=1S/C16H20N2OS/c1-4-17-11-13-9-10-16(18-12(13)2)19-14-7-5-6-8-15(14)20-3/h5-10,17H,4,11H2,1-3H3. The highest BCUT2D eigenvalue weighted by Crippen LogP contribution is 2.30. The van der Waals surface area contributed by atoms with Crippen LogP contribution >= 0.6 is 11.8 Å². The number of rotatable bonds is 6. The minimum absolute atomic E-state index is 0.643. The predicted octanol–water partition coefficient (Wildman–Crippen LogP) is 4.01. The average Bonchev–Trinajstić information content (AvgIpc) is 2.47. The summed E-state index contributed by atoms with van der Waals surface area (Å²) in [6, 6.07) is 12.0. The zero-order valence-corrected chi connectivity index (χ0v) is 13.0. The Hall–Kier alpha value is -1.52. The molecule has 0 spiro atoms. The van der Waals surface area contributed by atoms with Gasteiger partial charge in [-0.15, -0.1) is 11.8 Å². The monoisotopic (exact) mass is 288 g/mol. The summed E-state index contributed by atoms with van der Waals surface area (Å²) in [6.45, 7) is 5.91. The molecule has 0 fully saturated rings. The van der Waals surface area contributed by atoms with Crippen LogP contribution in [0.3, 0.4) is 0 Å². The van der Waals surface area contributed by atoms with Gasteiger partial charge in [-0.25, -0.2) is 4.98 Å². The molecule has 106 valence electrons. The van der Waals surface area contributed by atoms with Crippen LogP contribution in [-0.2, 0) is 6.54 Å². The number of pyridine rings is 1. The topological polar surface area (TPSA) is 34.1 Å². The largest absolute Gasteiger partial charge is 0.438 e. The number of benzene rings is 1. The van der Waals surface area contributed by atoms with Gasteiger partial charge in [-0.2, -0.15) is 0 Å². The Morgan fingerprint density at radius 1 is 1.20 bits per heavy atom. The smallest absolute Gasteiger partial charge is 0.219 e. The van der Waals surface area contributed by atoms with E-state index in [4.69, 9.17) is 4.74 Å². The van der Waals surface area contributed by atoms with E-state index in [2.05, 4.69) is 23.3 Å². The molecule has 0 amide bonds. The highest BCUT2D eigenvalue weighted by Gasteiger charge is 2.06. The summed E-state index contributed by atoms with van der Waals surface area (Å²) in [5, 5.41) is 3.31. The number of aryl methyl sites for hydroxylation is 1. The molecule has 3 nitrogen and oxygen atoms in total. The van der Waals surface area contributed by atoms with Crippen molar-refractivity contribution in [2.75, 3.05) is 12.8 Å². The first-order chi connectivity index (χ1) is 9.74. The Balaban J connectivity index is 2.16. The fraction of sp³-hybridized carbons (Fsp3) is 0.312. The Morgan fingerprint density at radius 3 is 2.70 bits per heavy atom. The second kappa shape index (κ2) is 7.31. The van der Waals surface area contributed by atoms with Crippen molar-refractivity contribution in [2.24, 2.45) is 0 Å². The van der Waals surface area contributed by atoms with Crippen molar-refractivity contribution in [3.8, 4) is 11.6 Å². The van der Waals surface area contributed by atoms with Crippen LogP contribution in [0.5, 0.6) is 11.6 Å². The molecule has 4 heteroatoms. The van der Waals surface area contributed by atoms with Crippen LogP contribution in [0.2, 0.25) is 0 Å². The maximum absolute atomic E-state index is 5.89. The van der Waals surface area contributed by atoms with Crippen LogP contribution in [0.25, 0.3) is 0 Å². The maximum Gasteiger partial charge on any atom is 0.219 e. The number of nitrogens with one attached hydrogen (secondary N) is 1. The third kappa shape index (κ3) is 3.74. The van der Waals surface area contributed by atoms with E-state index in [-0.39, 0.29) is 0 Å². The van der Waals surface area contributed by atoms with E-state index in [9.17, 15) is 0 Å². The highest BCUT2D eigenvalue weighted by molar-refractivity contribution is 7.98. The Morgan fingerprint density at radius 2 is 2.00 bits per heavy atom. The molecule has 1 heterocycles. The summed E-state index contributed by atoms with van der Waals surface area (Å²) in [5.41, 5.74) is 2.21. The lowest BCUT2D eigenvalue weighted by atomic mass is 10.2. The molecule has 1 aromatic carbocycles. The third-order valence-corrected chi connectivity index (χ3v) is 3.80. The SMILES string of the molecule is CCNCc1ccc(Oc2ccccc2SC)nc1C. The van der Waals surface area contributed by atoms with Gasteiger partial charge in [0.1, 0.15) is 5.75 Å². The second-order valence-electron chi connectivity index (χ2n) is 4.43. The quantitative estimate of drug-likeness (QED) is 0.814.